The first kappa shape index (κ1) is 14.6. The minimum atomic E-state index is -0.746. The van der Waals surface area contributed by atoms with Crippen LogP contribution in [0.4, 0.5) is 5.82 Å². The molecule has 0 aliphatic carbocycles. The fourth-order valence-corrected chi connectivity index (χ4v) is 2.59. The normalized spacial score (nSPS) is 18.9. The number of aromatic nitrogens is 2. The number of piperidine rings is 1. The van der Waals surface area contributed by atoms with Crippen LogP contribution in [0, 0.1) is 0 Å². The first-order valence-corrected chi connectivity index (χ1v) is 7.14. The van der Waals surface area contributed by atoms with Gasteiger partial charge in [0.1, 0.15) is 0 Å². The molecular weight excluding hydrogens is 258 g/mol. The molecular formula is C14H21N3O3. The number of rotatable bonds is 6. The molecule has 0 aromatic carbocycles. The molecule has 1 aliphatic heterocycles. The maximum absolute atomic E-state index is 10.8. The highest BCUT2D eigenvalue weighted by Crippen LogP contribution is 2.26. The van der Waals surface area contributed by atoms with Crippen LogP contribution >= 0.6 is 0 Å². The van der Waals surface area contributed by atoms with Gasteiger partial charge in [-0.2, -0.15) is 4.98 Å². The van der Waals surface area contributed by atoms with Crippen molar-refractivity contribution in [1.82, 2.24) is 9.97 Å². The summed E-state index contributed by atoms with van der Waals surface area (Å²) in [5.41, 5.74) is 0. The van der Waals surface area contributed by atoms with Crippen LogP contribution in [-0.2, 0) is 4.79 Å². The first-order chi connectivity index (χ1) is 9.70. The van der Waals surface area contributed by atoms with Gasteiger partial charge in [-0.25, -0.2) is 0 Å². The van der Waals surface area contributed by atoms with E-state index in [1.54, 1.807) is 12.4 Å². The highest BCUT2D eigenvalue weighted by atomic mass is 16.5. The first-order valence-electron chi connectivity index (χ1n) is 7.14. The molecule has 1 aromatic rings. The van der Waals surface area contributed by atoms with Crippen LogP contribution in [0.5, 0.6) is 5.88 Å². The summed E-state index contributed by atoms with van der Waals surface area (Å²) in [7, 11) is 0. The molecule has 1 atom stereocenters. The Morgan fingerprint density at radius 2 is 2.35 bits per heavy atom. The Bertz CT molecular complexity index is 453. The third-order valence-corrected chi connectivity index (χ3v) is 3.50. The van der Waals surface area contributed by atoms with E-state index in [1.165, 1.54) is 0 Å². The molecule has 2 heterocycles. The van der Waals surface area contributed by atoms with Crippen LogP contribution in [0.1, 0.15) is 39.0 Å². The average Bonchev–Trinajstić information content (AvgIpc) is 2.46. The van der Waals surface area contributed by atoms with Gasteiger partial charge in [0.05, 0.1) is 19.0 Å². The lowest BCUT2D eigenvalue weighted by atomic mass is 9.98. The van der Waals surface area contributed by atoms with Crippen molar-refractivity contribution in [2.24, 2.45) is 0 Å². The standard InChI is InChI=1S/C14H21N3O3/c1-2-20-13-10-15-9-12(16-13)17-8-4-3-5-11(17)6-7-14(18)19/h9-11H,2-8H2,1H3,(H,18,19). The molecule has 20 heavy (non-hydrogen) atoms. The second-order valence-electron chi connectivity index (χ2n) is 4.92. The van der Waals surface area contributed by atoms with E-state index in [2.05, 4.69) is 14.9 Å². The van der Waals surface area contributed by atoms with Gasteiger partial charge in [-0.15, -0.1) is 0 Å². The molecule has 1 N–H and O–H groups in total. The van der Waals surface area contributed by atoms with Crippen molar-refractivity contribution in [3.05, 3.63) is 12.4 Å². The molecule has 1 aliphatic rings. The summed E-state index contributed by atoms with van der Waals surface area (Å²) in [6.45, 7) is 3.36. The Labute approximate surface area is 118 Å². The molecule has 0 bridgehead atoms. The summed E-state index contributed by atoms with van der Waals surface area (Å²) < 4.78 is 5.38. The average molecular weight is 279 g/mol. The number of hydrogen-bond acceptors (Lipinski definition) is 5. The van der Waals surface area contributed by atoms with Gasteiger partial charge in [0.2, 0.25) is 5.88 Å². The molecule has 2 rings (SSSR count). The fourth-order valence-electron chi connectivity index (χ4n) is 2.59. The highest BCUT2D eigenvalue weighted by Gasteiger charge is 2.24. The molecule has 6 heteroatoms. The van der Waals surface area contributed by atoms with Gasteiger partial charge in [-0.1, -0.05) is 0 Å². The number of carboxylic acids is 1. The van der Waals surface area contributed by atoms with E-state index >= 15 is 0 Å². The van der Waals surface area contributed by atoms with Gasteiger partial charge in [0, 0.05) is 19.0 Å². The van der Waals surface area contributed by atoms with Gasteiger partial charge in [0.25, 0.3) is 0 Å². The Morgan fingerprint density at radius 3 is 3.10 bits per heavy atom. The SMILES string of the molecule is CCOc1cncc(N2CCCCC2CCC(=O)O)n1. The largest absolute Gasteiger partial charge is 0.481 e. The van der Waals surface area contributed by atoms with Crippen LogP contribution < -0.4 is 9.64 Å². The molecule has 1 saturated heterocycles. The lowest BCUT2D eigenvalue weighted by molar-refractivity contribution is -0.137. The summed E-state index contributed by atoms with van der Waals surface area (Å²) in [5, 5.41) is 8.85. The summed E-state index contributed by atoms with van der Waals surface area (Å²) in [6, 6.07) is 0.228. The molecule has 1 unspecified atom stereocenters. The van der Waals surface area contributed by atoms with E-state index in [-0.39, 0.29) is 12.5 Å². The van der Waals surface area contributed by atoms with E-state index in [1.807, 2.05) is 6.92 Å². The molecule has 0 amide bonds. The van der Waals surface area contributed by atoms with Crippen molar-refractivity contribution in [2.75, 3.05) is 18.1 Å². The van der Waals surface area contributed by atoms with Crippen molar-refractivity contribution in [3.8, 4) is 5.88 Å². The molecule has 6 nitrogen and oxygen atoms in total. The zero-order valence-corrected chi connectivity index (χ0v) is 11.8. The van der Waals surface area contributed by atoms with Gasteiger partial charge >= 0.3 is 5.97 Å². The third kappa shape index (κ3) is 3.82. The number of nitrogens with zero attached hydrogens (tertiary/aromatic N) is 3. The zero-order chi connectivity index (χ0) is 14.4. The van der Waals surface area contributed by atoms with Crippen molar-refractivity contribution >= 4 is 11.8 Å². The predicted molar refractivity (Wildman–Crippen MR) is 75.1 cm³/mol. The minimum absolute atomic E-state index is 0.194. The Balaban J connectivity index is 2.10. The molecule has 110 valence electrons. The van der Waals surface area contributed by atoms with E-state index in [9.17, 15) is 4.79 Å². The van der Waals surface area contributed by atoms with E-state index in [0.717, 1.165) is 31.6 Å². The lowest BCUT2D eigenvalue weighted by Crippen LogP contribution is -2.40. The van der Waals surface area contributed by atoms with Gasteiger partial charge < -0.3 is 14.7 Å². The maximum Gasteiger partial charge on any atom is 0.303 e. The highest BCUT2D eigenvalue weighted by molar-refractivity contribution is 5.66. The summed E-state index contributed by atoms with van der Waals surface area (Å²) in [4.78, 5) is 21.5. The Kier molecular flexibility index (Phi) is 5.15. The number of aliphatic carboxylic acids is 1. The second kappa shape index (κ2) is 7.07. The van der Waals surface area contributed by atoms with Crippen LogP contribution in [0.25, 0.3) is 0 Å². The van der Waals surface area contributed by atoms with Crippen molar-refractivity contribution in [3.63, 3.8) is 0 Å². The fraction of sp³-hybridized carbons (Fsp3) is 0.643. The van der Waals surface area contributed by atoms with E-state index in [4.69, 9.17) is 9.84 Å². The quantitative estimate of drug-likeness (QED) is 0.859. The molecule has 0 saturated carbocycles. The lowest BCUT2D eigenvalue weighted by Gasteiger charge is -2.36. The molecule has 1 fully saturated rings. The van der Waals surface area contributed by atoms with Crippen LogP contribution in [0.2, 0.25) is 0 Å². The van der Waals surface area contributed by atoms with Crippen LogP contribution in [0.15, 0.2) is 12.4 Å². The third-order valence-electron chi connectivity index (χ3n) is 3.50. The van der Waals surface area contributed by atoms with Gasteiger partial charge in [-0.3, -0.25) is 9.78 Å². The summed E-state index contributed by atoms with van der Waals surface area (Å²) in [5.74, 6) is 0.559. The van der Waals surface area contributed by atoms with Crippen LogP contribution in [-0.4, -0.2) is 40.2 Å². The molecule has 0 radical (unpaired) electrons. The predicted octanol–water partition coefficient (Wildman–Crippen LogP) is 2.10. The van der Waals surface area contributed by atoms with Crippen molar-refractivity contribution < 1.29 is 14.6 Å². The monoisotopic (exact) mass is 279 g/mol. The minimum Gasteiger partial charge on any atom is -0.481 e. The Morgan fingerprint density at radius 1 is 1.50 bits per heavy atom. The van der Waals surface area contributed by atoms with Crippen molar-refractivity contribution in [2.45, 2.75) is 45.1 Å². The zero-order valence-electron chi connectivity index (χ0n) is 11.8. The number of ether oxygens (including phenoxy) is 1. The van der Waals surface area contributed by atoms with E-state index in [0.29, 0.717) is 18.9 Å². The summed E-state index contributed by atoms with van der Waals surface area (Å²) >= 11 is 0. The second-order valence-corrected chi connectivity index (χ2v) is 4.92. The van der Waals surface area contributed by atoms with E-state index < -0.39 is 5.97 Å². The summed E-state index contributed by atoms with van der Waals surface area (Å²) in [6.07, 6.45) is 7.41. The van der Waals surface area contributed by atoms with Crippen molar-refractivity contribution in [1.29, 1.82) is 0 Å². The number of hydrogen-bond donors (Lipinski definition) is 1. The molecule has 1 aromatic heterocycles. The number of carboxylic acid groups (broad SMARTS) is 1. The van der Waals surface area contributed by atoms with Gasteiger partial charge in [0.15, 0.2) is 5.82 Å². The maximum atomic E-state index is 10.8. The topological polar surface area (TPSA) is 75.5 Å². The smallest absolute Gasteiger partial charge is 0.303 e. The Hall–Kier alpha value is -1.85. The van der Waals surface area contributed by atoms with Crippen LogP contribution in [0.3, 0.4) is 0 Å². The van der Waals surface area contributed by atoms with Gasteiger partial charge in [-0.05, 0) is 32.6 Å². The molecule has 0 spiro atoms. The number of anilines is 1. The number of carbonyl (C=O) groups is 1.